The van der Waals surface area contributed by atoms with Crippen LogP contribution in [0.3, 0.4) is 0 Å². The molecule has 0 bridgehead atoms. The van der Waals surface area contributed by atoms with Crippen molar-refractivity contribution >= 4 is 11.6 Å². The molecule has 0 atom stereocenters. The monoisotopic (exact) mass is 246 g/mol. The van der Waals surface area contributed by atoms with Gasteiger partial charge in [-0.1, -0.05) is 12.5 Å². The number of ether oxygens (including phenoxy) is 1. The average molecular weight is 246 g/mol. The van der Waals surface area contributed by atoms with Gasteiger partial charge in [0.2, 0.25) is 0 Å². The third kappa shape index (κ3) is 1.77. The highest BCUT2D eigenvalue weighted by Gasteiger charge is 2.38. The first-order chi connectivity index (χ1) is 8.73. The van der Waals surface area contributed by atoms with Gasteiger partial charge in [0.05, 0.1) is 5.69 Å². The second-order valence-corrected chi connectivity index (χ2v) is 5.21. The SMILES string of the molecule is CNCC1(c2ccc3c(c2)NC(=O)CO3)CCC1. The molecular weight excluding hydrogens is 228 g/mol. The Labute approximate surface area is 107 Å². The van der Waals surface area contributed by atoms with E-state index in [1.807, 2.05) is 13.1 Å². The first-order valence-corrected chi connectivity index (χ1v) is 6.45. The first-order valence-electron chi connectivity index (χ1n) is 6.45. The Morgan fingerprint density at radius 2 is 2.28 bits per heavy atom. The van der Waals surface area contributed by atoms with E-state index >= 15 is 0 Å². The highest BCUT2D eigenvalue weighted by atomic mass is 16.5. The van der Waals surface area contributed by atoms with Gasteiger partial charge in [-0.15, -0.1) is 0 Å². The third-order valence-electron chi connectivity index (χ3n) is 4.05. The smallest absolute Gasteiger partial charge is 0.262 e. The zero-order valence-electron chi connectivity index (χ0n) is 10.6. The van der Waals surface area contributed by atoms with Crippen LogP contribution in [-0.2, 0) is 10.2 Å². The quantitative estimate of drug-likeness (QED) is 0.852. The Balaban J connectivity index is 1.93. The molecule has 1 aliphatic carbocycles. The molecule has 0 aromatic heterocycles. The maximum atomic E-state index is 11.3. The normalized spacial score (nSPS) is 20.4. The van der Waals surface area contributed by atoms with Crippen molar-refractivity contribution in [1.29, 1.82) is 0 Å². The maximum absolute atomic E-state index is 11.3. The fourth-order valence-corrected chi connectivity index (χ4v) is 2.92. The van der Waals surface area contributed by atoms with Crippen LogP contribution in [0.25, 0.3) is 0 Å². The molecule has 18 heavy (non-hydrogen) atoms. The van der Waals surface area contributed by atoms with Gasteiger partial charge >= 0.3 is 0 Å². The summed E-state index contributed by atoms with van der Waals surface area (Å²) in [4.78, 5) is 11.3. The summed E-state index contributed by atoms with van der Waals surface area (Å²) >= 11 is 0. The lowest BCUT2D eigenvalue weighted by Crippen LogP contribution is -2.42. The molecule has 4 nitrogen and oxygen atoms in total. The summed E-state index contributed by atoms with van der Waals surface area (Å²) in [6.07, 6.45) is 3.70. The summed E-state index contributed by atoms with van der Waals surface area (Å²) in [6.45, 7) is 1.11. The number of rotatable bonds is 3. The van der Waals surface area contributed by atoms with Gasteiger partial charge in [0.15, 0.2) is 6.61 Å². The van der Waals surface area contributed by atoms with Crippen molar-refractivity contribution in [2.75, 3.05) is 25.5 Å². The average Bonchev–Trinajstić information content (AvgIpc) is 2.33. The number of carbonyl (C=O) groups is 1. The molecule has 1 aliphatic heterocycles. The number of benzene rings is 1. The lowest BCUT2D eigenvalue weighted by Gasteiger charge is -2.43. The Bertz CT molecular complexity index is 481. The molecule has 1 amide bonds. The van der Waals surface area contributed by atoms with Gasteiger partial charge < -0.3 is 15.4 Å². The van der Waals surface area contributed by atoms with Crippen molar-refractivity contribution in [3.8, 4) is 5.75 Å². The van der Waals surface area contributed by atoms with Crippen LogP contribution in [0.15, 0.2) is 18.2 Å². The van der Waals surface area contributed by atoms with Gasteiger partial charge in [-0.3, -0.25) is 4.79 Å². The lowest BCUT2D eigenvalue weighted by atomic mass is 9.64. The third-order valence-corrected chi connectivity index (χ3v) is 4.05. The predicted octanol–water partition coefficient (Wildman–Crippen LogP) is 1.66. The molecule has 0 radical (unpaired) electrons. The summed E-state index contributed by atoms with van der Waals surface area (Å²) in [6, 6.07) is 6.18. The molecule has 0 saturated heterocycles. The number of nitrogens with one attached hydrogen (secondary N) is 2. The topological polar surface area (TPSA) is 50.4 Å². The minimum atomic E-state index is -0.0732. The van der Waals surface area contributed by atoms with E-state index in [0.29, 0.717) is 0 Å². The number of fused-ring (bicyclic) bond motifs is 1. The van der Waals surface area contributed by atoms with Crippen LogP contribution in [0.4, 0.5) is 5.69 Å². The van der Waals surface area contributed by atoms with Crippen LogP contribution in [0.1, 0.15) is 24.8 Å². The molecule has 3 rings (SSSR count). The van der Waals surface area contributed by atoms with E-state index < -0.39 is 0 Å². The number of hydrogen-bond donors (Lipinski definition) is 2. The molecule has 2 N–H and O–H groups in total. The van der Waals surface area contributed by atoms with E-state index in [-0.39, 0.29) is 17.9 Å². The van der Waals surface area contributed by atoms with E-state index in [2.05, 4.69) is 22.8 Å². The Morgan fingerprint density at radius 1 is 1.44 bits per heavy atom. The Hall–Kier alpha value is -1.55. The molecule has 1 aromatic carbocycles. The van der Waals surface area contributed by atoms with Crippen molar-refractivity contribution in [2.45, 2.75) is 24.7 Å². The molecule has 2 aliphatic rings. The van der Waals surface area contributed by atoms with E-state index in [9.17, 15) is 4.79 Å². The van der Waals surface area contributed by atoms with Crippen molar-refractivity contribution in [2.24, 2.45) is 0 Å². The van der Waals surface area contributed by atoms with E-state index in [1.165, 1.54) is 24.8 Å². The first kappa shape index (κ1) is 11.5. The fraction of sp³-hybridized carbons (Fsp3) is 0.500. The predicted molar refractivity (Wildman–Crippen MR) is 70.0 cm³/mol. The zero-order valence-corrected chi connectivity index (χ0v) is 10.6. The van der Waals surface area contributed by atoms with Gasteiger partial charge in [0, 0.05) is 12.0 Å². The number of hydrogen-bond acceptors (Lipinski definition) is 3. The molecular formula is C14H18N2O2. The van der Waals surface area contributed by atoms with Crippen LogP contribution in [0.5, 0.6) is 5.75 Å². The minimum Gasteiger partial charge on any atom is -0.482 e. The van der Waals surface area contributed by atoms with Crippen LogP contribution < -0.4 is 15.4 Å². The lowest BCUT2D eigenvalue weighted by molar-refractivity contribution is -0.118. The van der Waals surface area contributed by atoms with Crippen LogP contribution in [0, 0.1) is 0 Å². The second-order valence-electron chi connectivity index (χ2n) is 5.21. The van der Waals surface area contributed by atoms with Gasteiger partial charge in [-0.25, -0.2) is 0 Å². The number of amides is 1. The van der Waals surface area contributed by atoms with Gasteiger partial charge in [-0.2, -0.15) is 0 Å². The van der Waals surface area contributed by atoms with Crippen molar-refractivity contribution in [1.82, 2.24) is 5.32 Å². The van der Waals surface area contributed by atoms with Crippen molar-refractivity contribution in [3.05, 3.63) is 23.8 Å². The van der Waals surface area contributed by atoms with E-state index in [4.69, 9.17) is 4.74 Å². The summed E-state index contributed by atoms with van der Waals surface area (Å²) in [7, 11) is 1.99. The van der Waals surface area contributed by atoms with E-state index in [1.54, 1.807) is 0 Å². The number of likely N-dealkylation sites (N-methyl/N-ethyl adjacent to an activating group) is 1. The minimum absolute atomic E-state index is 0.0732. The van der Waals surface area contributed by atoms with Crippen molar-refractivity contribution < 1.29 is 9.53 Å². The summed E-state index contributed by atoms with van der Waals surface area (Å²) in [5.41, 5.74) is 2.35. The summed E-state index contributed by atoms with van der Waals surface area (Å²) in [5.74, 6) is 0.702. The van der Waals surface area contributed by atoms with Crippen molar-refractivity contribution in [3.63, 3.8) is 0 Å². The van der Waals surface area contributed by atoms with Crippen LogP contribution in [-0.4, -0.2) is 26.1 Å². The summed E-state index contributed by atoms with van der Waals surface area (Å²) < 4.78 is 5.39. The highest BCUT2D eigenvalue weighted by molar-refractivity contribution is 5.95. The summed E-state index contributed by atoms with van der Waals surface area (Å²) in [5, 5.41) is 6.16. The molecule has 1 aromatic rings. The number of anilines is 1. The van der Waals surface area contributed by atoms with Crippen LogP contribution >= 0.6 is 0 Å². The van der Waals surface area contributed by atoms with Gasteiger partial charge in [0.25, 0.3) is 5.91 Å². The Morgan fingerprint density at radius 3 is 2.94 bits per heavy atom. The fourth-order valence-electron chi connectivity index (χ4n) is 2.92. The largest absolute Gasteiger partial charge is 0.482 e. The highest BCUT2D eigenvalue weighted by Crippen LogP contribution is 2.45. The zero-order chi connectivity index (χ0) is 12.6. The molecule has 0 unspecified atom stereocenters. The number of carbonyl (C=O) groups excluding carboxylic acids is 1. The standard InChI is InChI=1S/C14H18N2O2/c1-15-9-14(5-2-6-14)10-3-4-12-11(7-10)16-13(17)8-18-12/h3-4,7,15H,2,5-6,8-9H2,1H3,(H,16,17). The van der Waals surface area contributed by atoms with Gasteiger partial charge in [-0.05, 0) is 37.6 Å². The van der Waals surface area contributed by atoms with Gasteiger partial charge in [0.1, 0.15) is 5.75 Å². The molecule has 1 fully saturated rings. The van der Waals surface area contributed by atoms with E-state index in [0.717, 1.165) is 18.0 Å². The molecule has 0 spiro atoms. The molecule has 1 saturated carbocycles. The molecule has 96 valence electrons. The van der Waals surface area contributed by atoms with Crippen LogP contribution in [0.2, 0.25) is 0 Å². The second kappa shape index (κ2) is 4.28. The Kier molecular flexibility index (Phi) is 2.74. The molecule has 1 heterocycles. The maximum Gasteiger partial charge on any atom is 0.262 e. The molecule has 4 heteroatoms.